The number of ether oxygens (including phenoxy) is 1. The second-order valence-corrected chi connectivity index (χ2v) is 13.9. The fourth-order valence-electron chi connectivity index (χ4n) is 4.26. The van der Waals surface area contributed by atoms with Crippen LogP contribution in [-0.4, -0.2) is 59.3 Å². The van der Waals surface area contributed by atoms with Crippen LogP contribution in [-0.2, 0) is 32.2 Å². The molecule has 0 bridgehead atoms. The van der Waals surface area contributed by atoms with Crippen LogP contribution >= 0.6 is 11.3 Å². The van der Waals surface area contributed by atoms with Crippen LogP contribution in [0.2, 0.25) is 0 Å². The minimum atomic E-state index is -4.76. The standard InChI is InChI=1S/C25H31F4N3O6S2/c1-15-4-8-18(9-5-15)32(10-11-38-14-16-6-7-17(26)12-19(16)25(27,28)29)23(35)31-22-30-13-20(39-22)40(36,37)24(2,3)21(33)34/h6-7,12-13,15,18H,4-5,8-11,14H2,1-3H3,(H,33,34)(H,30,31,35). The Morgan fingerprint density at radius 2 is 1.85 bits per heavy atom. The molecule has 40 heavy (non-hydrogen) atoms. The van der Waals surface area contributed by atoms with E-state index in [4.69, 9.17) is 4.74 Å². The fraction of sp³-hybridized carbons (Fsp3) is 0.560. The summed E-state index contributed by atoms with van der Waals surface area (Å²) < 4.78 is 81.8. The molecule has 2 amide bonds. The number of aromatic nitrogens is 1. The third-order valence-corrected chi connectivity index (χ3v) is 10.7. The highest BCUT2D eigenvalue weighted by atomic mass is 32.2. The van der Waals surface area contributed by atoms with E-state index in [0.717, 1.165) is 45.0 Å². The Kier molecular flexibility index (Phi) is 9.83. The maximum Gasteiger partial charge on any atom is 0.416 e. The van der Waals surface area contributed by atoms with Crippen LogP contribution in [0.15, 0.2) is 28.6 Å². The summed E-state index contributed by atoms with van der Waals surface area (Å²) in [6.07, 6.45) is -0.667. The van der Waals surface area contributed by atoms with Crippen molar-refractivity contribution < 1.29 is 45.4 Å². The Morgan fingerprint density at radius 1 is 1.20 bits per heavy atom. The molecule has 0 spiro atoms. The summed E-state index contributed by atoms with van der Waals surface area (Å²) in [7, 11) is -4.29. The van der Waals surface area contributed by atoms with Gasteiger partial charge in [0.1, 0.15) is 10.0 Å². The first-order valence-corrected chi connectivity index (χ1v) is 14.8. The predicted molar refractivity (Wildman–Crippen MR) is 139 cm³/mol. The first kappa shape index (κ1) is 31.7. The fourth-order valence-corrected chi connectivity index (χ4v) is 7.02. The number of aliphatic carboxylic acids is 1. The van der Waals surface area contributed by atoms with Crippen LogP contribution in [0.3, 0.4) is 0 Å². The number of anilines is 1. The Balaban J connectivity index is 1.71. The Hall–Kier alpha value is -2.78. The van der Waals surface area contributed by atoms with E-state index in [1.54, 1.807) is 0 Å². The Labute approximate surface area is 233 Å². The lowest BCUT2D eigenvalue weighted by atomic mass is 9.86. The number of hydrogen-bond donors (Lipinski definition) is 2. The van der Waals surface area contributed by atoms with Crippen LogP contribution < -0.4 is 5.32 Å². The molecule has 1 saturated carbocycles. The van der Waals surface area contributed by atoms with Gasteiger partial charge in [0, 0.05) is 12.6 Å². The highest BCUT2D eigenvalue weighted by Crippen LogP contribution is 2.34. The van der Waals surface area contributed by atoms with Crippen LogP contribution in [0.5, 0.6) is 0 Å². The molecule has 1 aromatic heterocycles. The van der Waals surface area contributed by atoms with Gasteiger partial charge in [-0.2, -0.15) is 13.2 Å². The van der Waals surface area contributed by atoms with Crippen LogP contribution in [0.4, 0.5) is 27.5 Å². The van der Waals surface area contributed by atoms with E-state index in [2.05, 4.69) is 17.2 Å². The molecule has 0 aliphatic heterocycles. The van der Waals surface area contributed by atoms with Crippen molar-refractivity contribution >= 4 is 38.3 Å². The number of carbonyl (C=O) groups excluding carboxylic acids is 1. The van der Waals surface area contributed by atoms with Crippen molar-refractivity contribution in [3.63, 3.8) is 0 Å². The summed E-state index contributed by atoms with van der Waals surface area (Å²) in [6, 6.07) is 1.53. The third kappa shape index (κ3) is 7.29. The smallest absolute Gasteiger partial charge is 0.416 e. The molecule has 9 nitrogen and oxygen atoms in total. The van der Waals surface area contributed by atoms with Gasteiger partial charge < -0.3 is 14.7 Å². The molecule has 1 heterocycles. The highest BCUT2D eigenvalue weighted by Gasteiger charge is 2.44. The molecule has 1 aliphatic carbocycles. The predicted octanol–water partition coefficient (Wildman–Crippen LogP) is 5.57. The number of nitrogens with one attached hydrogen (secondary N) is 1. The number of halogens is 4. The molecular weight excluding hydrogens is 578 g/mol. The van der Waals surface area contributed by atoms with E-state index in [-0.39, 0.29) is 34.1 Å². The molecule has 3 rings (SSSR count). The number of alkyl halides is 3. The van der Waals surface area contributed by atoms with Gasteiger partial charge in [-0.25, -0.2) is 22.6 Å². The lowest BCUT2D eigenvalue weighted by molar-refractivity contribution is -0.140. The molecule has 0 radical (unpaired) electrons. The molecule has 0 atom stereocenters. The van der Waals surface area contributed by atoms with Gasteiger partial charge in [0.2, 0.25) is 9.84 Å². The maximum absolute atomic E-state index is 13.4. The number of thiazole rings is 1. The Morgan fingerprint density at radius 3 is 2.45 bits per heavy atom. The summed E-state index contributed by atoms with van der Waals surface area (Å²) in [5, 5.41) is 11.8. The molecule has 222 valence electrons. The molecular formula is C25H31F4N3O6S2. The van der Waals surface area contributed by atoms with Gasteiger partial charge in [0.15, 0.2) is 9.88 Å². The van der Waals surface area contributed by atoms with Crippen LogP contribution in [0.1, 0.15) is 57.6 Å². The number of carboxylic acids is 1. The molecule has 0 unspecified atom stereocenters. The number of hydrogen-bond acceptors (Lipinski definition) is 7. The molecule has 0 saturated heterocycles. The largest absolute Gasteiger partial charge is 0.480 e. The molecule has 2 N–H and O–H groups in total. The zero-order valence-corrected chi connectivity index (χ0v) is 23.8. The minimum Gasteiger partial charge on any atom is -0.480 e. The lowest BCUT2D eigenvalue weighted by Crippen LogP contribution is -2.46. The van der Waals surface area contributed by atoms with Crippen LogP contribution in [0.25, 0.3) is 0 Å². The third-order valence-electron chi connectivity index (χ3n) is 6.95. The van der Waals surface area contributed by atoms with Gasteiger partial charge in [-0.1, -0.05) is 24.3 Å². The monoisotopic (exact) mass is 609 g/mol. The van der Waals surface area contributed by atoms with Crippen molar-refractivity contribution in [3.05, 3.63) is 41.3 Å². The van der Waals surface area contributed by atoms with E-state index in [9.17, 15) is 40.7 Å². The van der Waals surface area contributed by atoms with E-state index >= 15 is 0 Å². The number of urea groups is 1. The average molecular weight is 610 g/mol. The summed E-state index contributed by atoms with van der Waals surface area (Å²) in [4.78, 5) is 30.1. The summed E-state index contributed by atoms with van der Waals surface area (Å²) in [6.45, 7) is 3.67. The van der Waals surface area contributed by atoms with Gasteiger partial charge in [-0.3, -0.25) is 10.1 Å². The first-order valence-electron chi connectivity index (χ1n) is 12.5. The lowest BCUT2D eigenvalue weighted by Gasteiger charge is -2.36. The quantitative estimate of drug-likeness (QED) is 0.267. The number of carboxylic acid groups (broad SMARTS) is 1. The molecule has 1 aromatic carbocycles. The summed E-state index contributed by atoms with van der Waals surface area (Å²) in [5.41, 5.74) is -1.37. The van der Waals surface area contributed by atoms with Gasteiger partial charge >= 0.3 is 18.2 Å². The maximum atomic E-state index is 13.4. The summed E-state index contributed by atoms with van der Waals surface area (Å²) in [5.74, 6) is -2.08. The number of sulfone groups is 1. The summed E-state index contributed by atoms with van der Waals surface area (Å²) >= 11 is 0.618. The number of amides is 2. The highest BCUT2D eigenvalue weighted by molar-refractivity contribution is 7.95. The Bertz CT molecular complexity index is 1320. The number of carbonyl (C=O) groups is 2. The van der Waals surface area contributed by atoms with Crippen LogP contribution in [0, 0.1) is 11.7 Å². The van der Waals surface area contributed by atoms with Crippen molar-refractivity contribution in [1.29, 1.82) is 0 Å². The number of benzene rings is 1. The van der Waals surface area contributed by atoms with Gasteiger partial charge in [-0.05, 0) is 63.1 Å². The number of rotatable bonds is 10. The molecule has 1 aliphatic rings. The second kappa shape index (κ2) is 12.4. The van der Waals surface area contributed by atoms with E-state index in [1.165, 1.54) is 4.90 Å². The zero-order valence-electron chi connectivity index (χ0n) is 22.1. The van der Waals surface area contributed by atoms with Gasteiger partial charge in [-0.15, -0.1) is 0 Å². The van der Waals surface area contributed by atoms with Crippen molar-refractivity contribution in [2.75, 3.05) is 18.5 Å². The van der Waals surface area contributed by atoms with Gasteiger partial charge in [0.05, 0.1) is 25.0 Å². The zero-order chi connectivity index (χ0) is 29.9. The SMILES string of the molecule is CC1CCC(N(CCOCc2ccc(F)cc2C(F)(F)F)C(=O)Nc2ncc(S(=O)(=O)C(C)(C)C(=O)O)s2)CC1. The normalized spacial score (nSPS) is 18.4. The van der Waals surface area contributed by atoms with Crippen molar-refractivity contribution in [1.82, 2.24) is 9.88 Å². The first-order chi connectivity index (χ1) is 18.5. The molecule has 2 aromatic rings. The van der Waals surface area contributed by atoms with E-state index in [0.29, 0.717) is 36.2 Å². The van der Waals surface area contributed by atoms with E-state index in [1.807, 2.05) is 0 Å². The second-order valence-electron chi connectivity index (χ2n) is 10.2. The topological polar surface area (TPSA) is 126 Å². The van der Waals surface area contributed by atoms with Crippen molar-refractivity contribution in [2.24, 2.45) is 5.92 Å². The van der Waals surface area contributed by atoms with Crippen molar-refractivity contribution in [2.45, 2.75) is 74.2 Å². The molecule has 15 heteroatoms. The van der Waals surface area contributed by atoms with Gasteiger partial charge in [0.25, 0.3) is 0 Å². The minimum absolute atomic E-state index is 0.0238. The average Bonchev–Trinajstić information content (AvgIpc) is 3.34. The molecule has 1 fully saturated rings. The number of nitrogens with zero attached hydrogens (tertiary/aromatic N) is 2. The van der Waals surface area contributed by atoms with Crippen molar-refractivity contribution in [3.8, 4) is 0 Å². The van der Waals surface area contributed by atoms with E-state index < -0.39 is 50.7 Å².